The van der Waals surface area contributed by atoms with E-state index in [9.17, 15) is 12.8 Å². The van der Waals surface area contributed by atoms with Crippen LogP contribution in [0.5, 0.6) is 0 Å². The van der Waals surface area contributed by atoms with Crippen LogP contribution in [0.25, 0.3) is 22.0 Å². The van der Waals surface area contributed by atoms with Gasteiger partial charge in [0, 0.05) is 36.0 Å². The molecular weight excluding hydrogens is 365 g/mol. The first kappa shape index (κ1) is 17.2. The molecule has 4 rings (SSSR count). The summed E-state index contributed by atoms with van der Waals surface area (Å²) in [6.07, 6.45) is 3.17. The molecule has 0 bridgehead atoms. The molecule has 2 aromatic heterocycles. The van der Waals surface area contributed by atoms with Crippen LogP contribution in [0.1, 0.15) is 0 Å². The average Bonchev–Trinajstić information content (AvgIpc) is 3.08. The topological polar surface area (TPSA) is 64.0 Å². The number of anilines is 1. The zero-order valence-electron chi connectivity index (χ0n) is 14.4. The second-order valence-corrected chi connectivity index (χ2v) is 7.82. The molecule has 0 fully saturated rings. The lowest BCUT2D eigenvalue weighted by Gasteiger charge is -2.07. The van der Waals surface area contributed by atoms with Gasteiger partial charge in [0.05, 0.1) is 10.4 Å². The Morgan fingerprint density at radius 1 is 1.04 bits per heavy atom. The van der Waals surface area contributed by atoms with Crippen LogP contribution >= 0.6 is 0 Å². The van der Waals surface area contributed by atoms with Gasteiger partial charge in [0.2, 0.25) is 0 Å². The first-order valence-electron chi connectivity index (χ1n) is 8.26. The van der Waals surface area contributed by atoms with Crippen LogP contribution in [0.15, 0.2) is 78.0 Å². The summed E-state index contributed by atoms with van der Waals surface area (Å²) in [5.41, 5.74) is 1.69. The number of rotatable bonds is 4. The fourth-order valence-electron chi connectivity index (χ4n) is 3.01. The van der Waals surface area contributed by atoms with E-state index in [0.717, 1.165) is 9.54 Å². The number of halogens is 1. The van der Waals surface area contributed by atoms with E-state index in [-0.39, 0.29) is 10.4 Å². The van der Waals surface area contributed by atoms with Crippen LogP contribution in [-0.4, -0.2) is 24.4 Å². The van der Waals surface area contributed by atoms with Crippen molar-refractivity contribution in [1.82, 2.24) is 8.96 Å². The molecule has 4 aromatic rings. The number of hydrogen-bond donors (Lipinski definition) is 1. The predicted octanol–water partition coefficient (Wildman–Crippen LogP) is 4.12. The van der Waals surface area contributed by atoms with Crippen molar-refractivity contribution < 1.29 is 12.8 Å². The van der Waals surface area contributed by atoms with Gasteiger partial charge in [0.15, 0.2) is 0 Å². The molecule has 0 amide bonds. The maximum absolute atomic E-state index is 13.9. The Labute approximate surface area is 156 Å². The molecule has 27 heavy (non-hydrogen) atoms. The van der Waals surface area contributed by atoms with Crippen LogP contribution < -0.4 is 5.32 Å². The van der Waals surface area contributed by atoms with Crippen LogP contribution in [0, 0.1) is 5.82 Å². The van der Waals surface area contributed by atoms with Gasteiger partial charge in [0.25, 0.3) is 10.0 Å². The van der Waals surface area contributed by atoms with E-state index in [1.807, 2.05) is 6.07 Å². The largest absolute Gasteiger partial charge is 0.373 e. The molecule has 0 saturated heterocycles. The Balaban J connectivity index is 1.98. The molecule has 0 aliphatic rings. The second kappa shape index (κ2) is 6.51. The number of nitrogens with zero attached hydrogens (tertiary/aromatic N) is 2. The van der Waals surface area contributed by atoms with Crippen molar-refractivity contribution >= 4 is 26.7 Å². The third-order valence-corrected chi connectivity index (χ3v) is 6.05. The highest BCUT2D eigenvalue weighted by atomic mass is 32.2. The van der Waals surface area contributed by atoms with Gasteiger partial charge in [-0.1, -0.05) is 18.2 Å². The van der Waals surface area contributed by atoms with Gasteiger partial charge in [0.1, 0.15) is 11.6 Å². The maximum atomic E-state index is 13.9. The third-order valence-electron chi connectivity index (χ3n) is 4.36. The Morgan fingerprint density at radius 2 is 1.81 bits per heavy atom. The molecule has 2 aromatic carbocycles. The van der Waals surface area contributed by atoms with Crippen molar-refractivity contribution in [3.05, 3.63) is 78.9 Å². The zero-order chi connectivity index (χ0) is 19.0. The highest BCUT2D eigenvalue weighted by molar-refractivity contribution is 7.90. The molecule has 0 aliphatic heterocycles. The number of aromatic nitrogens is 2. The minimum atomic E-state index is -3.87. The monoisotopic (exact) mass is 381 g/mol. The number of pyridine rings is 1. The SMILES string of the molecule is CNc1ccc(-c2cn(S(=O)(=O)c3ccccc3)c3cc(F)ccc23)cn1. The van der Waals surface area contributed by atoms with Crippen molar-refractivity contribution in [3.8, 4) is 11.1 Å². The van der Waals surface area contributed by atoms with Crippen molar-refractivity contribution in [3.63, 3.8) is 0 Å². The van der Waals surface area contributed by atoms with E-state index >= 15 is 0 Å². The molecule has 0 unspecified atom stereocenters. The maximum Gasteiger partial charge on any atom is 0.268 e. The molecule has 0 atom stereocenters. The quantitative estimate of drug-likeness (QED) is 0.578. The molecule has 7 heteroatoms. The Hall–Kier alpha value is -3.19. The molecule has 5 nitrogen and oxygen atoms in total. The number of hydrogen-bond acceptors (Lipinski definition) is 4. The van der Waals surface area contributed by atoms with Gasteiger partial charge in [-0.15, -0.1) is 0 Å². The Kier molecular flexibility index (Phi) is 4.16. The van der Waals surface area contributed by atoms with Gasteiger partial charge in [-0.2, -0.15) is 0 Å². The Morgan fingerprint density at radius 3 is 2.48 bits per heavy atom. The summed E-state index contributed by atoms with van der Waals surface area (Å²) in [6, 6.07) is 15.9. The highest BCUT2D eigenvalue weighted by Crippen LogP contribution is 2.33. The smallest absolute Gasteiger partial charge is 0.268 e. The number of fused-ring (bicyclic) bond motifs is 1. The van der Waals surface area contributed by atoms with E-state index in [4.69, 9.17) is 0 Å². The summed E-state index contributed by atoms with van der Waals surface area (Å²) in [5.74, 6) is 0.200. The third kappa shape index (κ3) is 2.96. The lowest BCUT2D eigenvalue weighted by Crippen LogP contribution is -2.11. The summed E-state index contributed by atoms with van der Waals surface area (Å²) >= 11 is 0. The molecule has 0 radical (unpaired) electrons. The predicted molar refractivity (Wildman–Crippen MR) is 104 cm³/mol. The molecule has 136 valence electrons. The Bertz CT molecular complexity index is 1220. The van der Waals surface area contributed by atoms with E-state index in [1.54, 1.807) is 43.6 Å². The van der Waals surface area contributed by atoms with Crippen LogP contribution in [-0.2, 0) is 10.0 Å². The van der Waals surface area contributed by atoms with E-state index < -0.39 is 15.8 Å². The van der Waals surface area contributed by atoms with Gasteiger partial charge >= 0.3 is 0 Å². The summed E-state index contributed by atoms with van der Waals surface area (Å²) in [5, 5.41) is 3.57. The first-order valence-corrected chi connectivity index (χ1v) is 9.70. The fourth-order valence-corrected chi connectivity index (χ4v) is 4.39. The first-order chi connectivity index (χ1) is 13.0. The number of benzene rings is 2. The lowest BCUT2D eigenvalue weighted by molar-refractivity contribution is 0.589. The molecule has 0 saturated carbocycles. The molecule has 0 aliphatic carbocycles. The summed E-state index contributed by atoms with van der Waals surface area (Å²) in [6.45, 7) is 0. The van der Waals surface area contributed by atoms with Crippen LogP contribution in [0.4, 0.5) is 10.2 Å². The summed E-state index contributed by atoms with van der Waals surface area (Å²) in [7, 11) is -2.10. The van der Waals surface area contributed by atoms with Crippen molar-refractivity contribution in [2.75, 3.05) is 12.4 Å². The highest BCUT2D eigenvalue weighted by Gasteiger charge is 2.22. The lowest BCUT2D eigenvalue weighted by atomic mass is 10.1. The van der Waals surface area contributed by atoms with Crippen molar-refractivity contribution in [2.45, 2.75) is 4.90 Å². The standard InChI is InChI=1S/C20H16FN3O2S/c1-22-20-10-7-14(12-23-20)18-13-24(19-11-15(21)8-9-17(18)19)27(25,26)16-5-3-2-4-6-16/h2-13H,1H3,(H,22,23). The molecule has 0 spiro atoms. The van der Waals surface area contributed by atoms with Crippen molar-refractivity contribution in [2.24, 2.45) is 0 Å². The van der Waals surface area contributed by atoms with Gasteiger partial charge < -0.3 is 5.32 Å². The minimum absolute atomic E-state index is 0.140. The zero-order valence-corrected chi connectivity index (χ0v) is 15.2. The summed E-state index contributed by atoms with van der Waals surface area (Å²) < 4.78 is 41.3. The molecular formula is C20H16FN3O2S. The second-order valence-electron chi connectivity index (χ2n) is 6.00. The minimum Gasteiger partial charge on any atom is -0.373 e. The fraction of sp³-hybridized carbons (Fsp3) is 0.0500. The van der Waals surface area contributed by atoms with E-state index in [1.165, 1.54) is 30.5 Å². The normalized spacial score (nSPS) is 11.6. The van der Waals surface area contributed by atoms with Crippen molar-refractivity contribution in [1.29, 1.82) is 0 Å². The number of nitrogens with one attached hydrogen (secondary N) is 1. The van der Waals surface area contributed by atoms with Gasteiger partial charge in [-0.25, -0.2) is 21.8 Å². The van der Waals surface area contributed by atoms with Crippen LogP contribution in [0.2, 0.25) is 0 Å². The van der Waals surface area contributed by atoms with Gasteiger partial charge in [-0.3, -0.25) is 0 Å². The summed E-state index contributed by atoms with van der Waals surface area (Å²) in [4.78, 5) is 4.42. The van der Waals surface area contributed by atoms with Gasteiger partial charge in [-0.05, 0) is 42.5 Å². The molecule has 2 heterocycles. The molecule has 1 N–H and O–H groups in total. The van der Waals surface area contributed by atoms with E-state index in [0.29, 0.717) is 16.8 Å². The average molecular weight is 381 g/mol. The van der Waals surface area contributed by atoms with Crippen LogP contribution in [0.3, 0.4) is 0 Å². The van der Waals surface area contributed by atoms with E-state index in [2.05, 4.69) is 10.3 Å².